The third-order valence-corrected chi connectivity index (χ3v) is 21.7. The van der Waals surface area contributed by atoms with Gasteiger partial charge in [0, 0.05) is 93.8 Å². The average Bonchev–Trinajstić information content (AvgIpc) is 1.57. The normalized spacial score (nSPS) is 17.1. The molecule has 1 saturated carbocycles. The summed E-state index contributed by atoms with van der Waals surface area (Å²) in [5.41, 5.74) is 8.80. The van der Waals surface area contributed by atoms with E-state index in [1.807, 2.05) is 64.2 Å². The molecular weight excluding hydrogens is 1570 g/mol. The highest BCUT2D eigenvalue weighted by atomic mass is 35.5. The first-order chi connectivity index (χ1) is 55.4. The van der Waals surface area contributed by atoms with Crippen molar-refractivity contribution in [3.8, 4) is 40.0 Å². The van der Waals surface area contributed by atoms with E-state index in [1.165, 1.54) is 84.1 Å². The predicted octanol–water partition coefficient (Wildman–Crippen LogP) is 14.9. The zero-order valence-electron chi connectivity index (χ0n) is 64.2. The van der Waals surface area contributed by atoms with Crippen LogP contribution in [0.2, 0.25) is 15.1 Å². The minimum absolute atomic E-state index is 0.00348. The van der Waals surface area contributed by atoms with Crippen LogP contribution >= 0.6 is 34.8 Å². The molecule has 4 fully saturated rings. The van der Waals surface area contributed by atoms with Crippen LogP contribution in [0.4, 0.5) is 26.7 Å². The van der Waals surface area contributed by atoms with Crippen molar-refractivity contribution < 1.29 is 64.9 Å². The molecule has 0 radical (unpaired) electrons. The Morgan fingerprint density at radius 1 is 0.509 bits per heavy atom. The molecule has 25 nitrogen and oxygen atoms in total. The molecule has 2 N–H and O–H groups in total. The van der Waals surface area contributed by atoms with Crippen LogP contribution in [0.3, 0.4) is 0 Å². The van der Waals surface area contributed by atoms with E-state index in [-0.39, 0.29) is 78.0 Å². The molecule has 6 atom stereocenters. The number of benzene rings is 6. The molecule has 6 aromatic heterocycles. The number of piperazine rings is 2. The summed E-state index contributed by atoms with van der Waals surface area (Å²) in [6.07, 6.45) is 7.92. The molecule has 3 aliphatic heterocycles. The van der Waals surface area contributed by atoms with Crippen molar-refractivity contribution in [3.05, 3.63) is 235 Å². The average molecular weight is 1640 g/mol. The lowest BCUT2D eigenvalue weighted by molar-refractivity contribution is -0.151. The monoisotopic (exact) mass is 1640 g/mol. The second-order valence-corrected chi connectivity index (χ2v) is 30.2. The number of urea groups is 1. The Hall–Kier alpha value is -12.2. The number of halogens is 8. The minimum Gasteiger partial charge on any atom is -0.487 e. The van der Waals surface area contributed by atoms with Gasteiger partial charge in [-0.05, 0) is 165 Å². The molecule has 0 spiro atoms. The SMILES string of the molecule is Cc1cc(-c2ncnn2C)c2cccc(OCc3c(Cl)cc(F)cc3[C@H](C)N3C(=O)N(C4CC4)C(=O)[C@H]3C)c2n1.Cc1cc(-n2cc(F)cn2)c2cccc(OCc3c(Cl)cc(F)cc3[C@H](C)N3C[C@@H](C)NC(=O)C3=O)c2n1.Cc1cc(-n2cc(F)cn2)c2cccc(OCc3c(Cl)cc(F)cc3[C@H](C)N3C[C@H](C)NC(=O)C3=O)c2n1. The molecule has 33 heteroatoms. The van der Waals surface area contributed by atoms with Crippen LogP contribution in [-0.4, -0.2) is 142 Å². The minimum atomic E-state index is -0.707. The molecule has 598 valence electrons. The molecule has 0 unspecified atom stereocenters. The Kier molecular flexibility index (Phi) is 22.9. The summed E-state index contributed by atoms with van der Waals surface area (Å²) in [6.45, 7) is 16.4. The molecule has 9 heterocycles. The maximum atomic E-state index is 14.6. The summed E-state index contributed by atoms with van der Waals surface area (Å²) in [6, 6.07) is 25.9. The van der Waals surface area contributed by atoms with E-state index in [0.29, 0.717) is 107 Å². The molecule has 7 amide bonds. The summed E-state index contributed by atoms with van der Waals surface area (Å²) < 4.78 is 94.1. The number of hydrogen-bond donors (Lipinski definition) is 2. The molecule has 1 aliphatic carbocycles. The molecule has 116 heavy (non-hydrogen) atoms. The first-order valence-corrected chi connectivity index (χ1v) is 38.2. The molecule has 0 bridgehead atoms. The zero-order valence-corrected chi connectivity index (χ0v) is 66.5. The smallest absolute Gasteiger partial charge is 0.328 e. The number of rotatable bonds is 19. The lowest BCUT2D eigenvalue weighted by Crippen LogP contribution is -2.57. The van der Waals surface area contributed by atoms with Gasteiger partial charge < -0.3 is 39.5 Å². The lowest BCUT2D eigenvalue weighted by atomic mass is 9.98. The molecule has 4 aliphatic rings. The summed E-state index contributed by atoms with van der Waals surface area (Å²) in [5, 5.41) is 20.2. The summed E-state index contributed by atoms with van der Waals surface area (Å²) in [4.78, 5) is 99.6. The van der Waals surface area contributed by atoms with Gasteiger partial charge in [-0.3, -0.25) is 28.9 Å². The predicted molar refractivity (Wildman–Crippen MR) is 421 cm³/mol. The molecule has 12 aromatic rings. The van der Waals surface area contributed by atoms with E-state index in [9.17, 15) is 50.7 Å². The number of carbonyl (C=O) groups is 6. The third kappa shape index (κ3) is 16.3. The number of imide groups is 1. The fourth-order valence-corrected chi connectivity index (χ4v) is 15.7. The van der Waals surface area contributed by atoms with Crippen LogP contribution in [0.5, 0.6) is 17.2 Å². The first-order valence-electron chi connectivity index (χ1n) is 37.1. The van der Waals surface area contributed by atoms with Crippen LogP contribution in [0.1, 0.15) is 123 Å². The standard InChI is InChI=1S/C29H28ClFN6O3.2C27H24ClF2N5O3/c1-15-10-22(27-32-14-33-35(27)4)20-6-5-7-25(26(20)34-15)40-13-23-21(11-18(31)12-24(23)30)16(2)36-17(3)28(38)37(29(36)39)19-8-9-19;2*1-14-7-23(35-12-18(30)10-31-35)19-5-4-6-24(25(19)32-14)38-13-21-20(8-17(29)9-22(21)28)16(3)34-11-15(2)33-26(36)27(34)37/h5-7,10-12,14,16-17,19H,8-9,13H2,1-4H3;2*4-10,12,15-16H,11,13H2,1-3H3,(H,33,36)/t16-,17+;15-,16+;15-,16-/m010/s1. The van der Waals surface area contributed by atoms with Crippen LogP contribution in [-0.2, 0) is 50.8 Å². The Labute approximate surface area is 676 Å². The number of aryl methyl sites for hydroxylation is 4. The number of nitrogens with one attached hydrogen (secondary N) is 2. The Morgan fingerprint density at radius 3 is 1.29 bits per heavy atom. The van der Waals surface area contributed by atoms with Crippen LogP contribution in [0, 0.1) is 49.9 Å². The third-order valence-electron chi connectivity index (χ3n) is 20.7. The fourth-order valence-electron chi connectivity index (χ4n) is 14.9. The highest BCUT2D eigenvalue weighted by molar-refractivity contribution is 6.36. The summed E-state index contributed by atoms with van der Waals surface area (Å²) in [5.74, 6) is -3.55. The number of amides is 7. The Morgan fingerprint density at radius 2 is 0.905 bits per heavy atom. The van der Waals surface area contributed by atoms with Gasteiger partial charge in [0.05, 0.1) is 69.4 Å². The fraction of sp³-hybridized carbons (Fsp3) is 0.289. The molecule has 16 rings (SSSR count). The Balaban J connectivity index is 0.000000144. The molecular formula is C83H76Cl3F5N16O9. The second-order valence-electron chi connectivity index (χ2n) is 29.0. The van der Waals surface area contributed by atoms with Crippen molar-refractivity contribution in [1.29, 1.82) is 0 Å². The number of nitrogens with zero attached hydrogens (tertiary/aromatic N) is 14. The quantitative estimate of drug-likeness (QED) is 0.0432. The number of carbonyl (C=O) groups excluding carboxylic acids is 6. The van der Waals surface area contributed by atoms with Gasteiger partial charge in [0.2, 0.25) is 0 Å². The van der Waals surface area contributed by atoms with E-state index in [4.69, 9.17) is 54.0 Å². The number of pyridine rings is 3. The number of hydrogen-bond acceptors (Lipinski definition) is 16. The highest BCUT2D eigenvalue weighted by Crippen LogP contribution is 2.42. The highest BCUT2D eigenvalue weighted by Gasteiger charge is 2.51. The van der Waals surface area contributed by atoms with Crippen molar-refractivity contribution in [3.63, 3.8) is 0 Å². The number of aromatic nitrogens is 10. The zero-order chi connectivity index (χ0) is 82.6. The van der Waals surface area contributed by atoms with E-state index < -0.39 is 76.9 Å². The second kappa shape index (κ2) is 33.0. The Bertz CT molecular complexity index is 5710. The van der Waals surface area contributed by atoms with Gasteiger partial charge in [-0.15, -0.1) is 0 Å². The first kappa shape index (κ1) is 80.5. The number of ether oxygens (including phenoxy) is 3. The van der Waals surface area contributed by atoms with Crippen molar-refractivity contribution in [2.75, 3.05) is 13.1 Å². The van der Waals surface area contributed by atoms with Crippen LogP contribution in [0.25, 0.3) is 55.5 Å². The van der Waals surface area contributed by atoms with E-state index in [2.05, 4.69) is 40.9 Å². The molecule has 6 aromatic carbocycles. The lowest BCUT2D eigenvalue weighted by Gasteiger charge is -2.36. The maximum Gasteiger partial charge on any atom is 0.328 e. The summed E-state index contributed by atoms with van der Waals surface area (Å²) in [7, 11) is 1.83. The van der Waals surface area contributed by atoms with Gasteiger partial charge >= 0.3 is 29.7 Å². The van der Waals surface area contributed by atoms with Crippen molar-refractivity contribution in [2.45, 2.75) is 137 Å². The van der Waals surface area contributed by atoms with Gasteiger partial charge in [-0.25, -0.2) is 60.7 Å². The van der Waals surface area contributed by atoms with E-state index >= 15 is 0 Å². The van der Waals surface area contributed by atoms with Crippen LogP contribution < -0.4 is 24.8 Å². The topological polar surface area (TPSA) is 272 Å². The van der Waals surface area contributed by atoms with Gasteiger partial charge in [-0.1, -0.05) is 71.2 Å². The van der Waals surface area contributed by atoms with Gasteiger partial charge in [0.25, 0.3) is 5.91 Å². The molecule has 3 saturated heterocycles. The number of fused-ring (bicyclic) bond motifs is 3. The van der Waals surface area contributed by atoms with Crippen LogP contribution in [0.15, 0.2) is 140 Å². The van der Waals surface area contributed by atoms with Crippen molar-refractivity contribution in [1.82, 2.24) is 79.5 Å². The number of para-hydroxylation sites is 3. The van der Waals surface area contributed by atoms with Gasteiger partial charge in [0.1, 0.15) is 83.4 Å². The largest absolute Gasteiger partial charge is 0.487 e. The summed E-state index contributed by atoms with van der Waals surface area (Å²) >= 11 is 19.5. The van der Waals surface area contributed by atoms with Gasteiger partial charge in [-0.2, -0.15) is 15.3 Å². The maximum absolute atomic E-state index is 14.6. The van der Waals surface area contributed by atoms with Gasteiger partial charge in [0.15, 0.2) is 17.5 Å². The van der Waals surface area contributed by atoms with E-state index in [1.54, 1.807) is 82.6 Å². The van der Waals surface area contributed by atoms with Crippen molar-refractivity contribution >= 4 is 103 Å². The van der Waals surface area contributed by atoms with Crippen molar-refractivity contribution in [2.24, 2.45) is 7.05 Å². The van der Waals surface area contributed by atoms with E-state index in [0.717, 1.165) is 41.9 Å².